The molecule has 0 fully saturated rings. The highest BCUT2D eigenvalue weighted by Crippen LogP contribution is 2.34. The molecular weight excluding hydrogens is 372 g/mol. The molecule has 0 saturated heterocycles. The van der Waals surface area contributed by atoms with Gasteiger partial charge in [0.25, 0.3) is 0 Å². The van der Waals surface area contributed by atoms with Crippen LogP contribution in [-0.2, 0) is 0 Å². The van der Waals surface area contributed by atoms with Crippen molar-refractivity contribution in [2.24, 2.45) is 0 Å². The molecule has 0 aliphatic heterocycles. The number of rotatable bonds is 4. The van der Waals surface area contributed by atoms with E-state index in [1.165, 1.54) is 10.8 Å². The summed E-state index contributed by atoms with van der Waals surface area (Å²) in [5.74, 6) is 0. The first-order valence-electron chi connectivity index (χ1n) is 7.75. The van der Waals surface area contributed by atoms with Crippen LogP contribution in [0.15, 0.2) is 60.7 Å². The Hall–Kier alpha value is -1.08. The Balaban J connectivity index is 2.16. The van der Waals surface area contributed by atoms with Crippen LogP contribution in [0.1, 0.15) is 13.8 Å². The van der Waals surface area contributed by atoms with Crippen molar-refractivity contribution < 1.29 is 0 Å². The second-order valence-corrected chi connectivity index (χ2v) is 8.27. The highest BCUT2D eigenvalue weighted by atomic mass is 33.1. The Kier molecular flexibility index (Phi) is 8.05. The molecule has 2 aromatic rings. The third-order valence-electron chi connectivity index (χ3n) is 3.42. The van der Waals surface area contributed by atoms with E-state index in [4.69, 9.17) is 24.4 Å². The van der Waals surface area contributed by atoms with E-state index in [1.54, 1.807) is 10.8 Å². The predicted molar refractivity (Wildman–Crippen MR) is 118 cm³/mol. The zero-order chi connectivity index (χ0) is 17.4. The van der Waals surface area contributed by atoms with Gasteiger partial charge >= 0.3 is 0 Å². The highest BCUT2D eigenvalue weighted by molar-refractivity contribution is 8.89. The lowest BCUT2D eigenvalue weighted by molar-refractivity contribution is 0.482. The van der Waals surface area contributed by atoms with Crippen LogP contribution in [0.3, 0.4) is 0 Å². The second-order valence-electron chi connectivity index (χ2n) is 4.88. The van der Waals surface area contributed by atoms with Crippen molar-refractivity contribution >= 4 is 66.0 Å². The van der Waals surface area contributed by atoms with Gasteiger partial charge in [-0.05, 0) is 59.7 Å². The summed E-state index contributed by atoms with van der Waals surface area (Å²) in [7, 11) is 3.08. The molecule has 0 heterocycles. The molecule has 2 nitrogen and oxygen atoms in total. The van der Waals surface area contributed by atoms with Gasteiger partial charge in [0.05, 0.1) is 0 Å². The summed E-state index contributed by atoms with van der Waals surface area (Å²) in [5.41, 5.74) is 2.10. The minimum absolute atomic E-state index is 0.770. The van der Waals surface area contributed by atoms with Crippen LogP contribution in [0, 0.1) is 0 Å². The lowest BCUT2D eigenvalue weighted by Crippen LogP contribution is -2.27. The van der Waals surface area contributed by atoms with Crippen LogP contribution in [0.5, 0.6) is 0 Å². The number of thiocarbonyl (C=S) groups is 2. The molecule has 126 valence electrons. The van der Waals surface area contributed by atoms with E-state index in [0.717, 1.165) is 33.1 Å². The Labute approximate surface area is 163 Å². The Morgan fingerprint density at radius 3 is 1.58 bits per heavy atom. The topological polar surface area (TPSA) is 6.48 Å². The third kappa shape index (κ3) is 5.21. The van der Waals surface area contributed by atoms with Crippen molar-refractivity contribution in [1.82, 2.24) is 4.90 Å². The van der Waals surface area contributed by atoms with Gasteiger partial charge in [0.2, 0.25) is 0 Å². The second kappa shape index (κ2) is 10.0. The van der Waals surface area contributed by atoms with E-state index < -0.39 is 0 Å². The fourth-order valence-electron chi connectivity index (χ4n) is 2.16. The molecule has 0 amide bonds. The first-order valence-corrected chi connectivity index (χ1v) is 10.7. The number of anilines is 2. The number of benzene rings is 2. The molecule has 2 rings (SSSR count). The van der Waals surface area contributed by atoms with Crippen molar-refractivity contribution in [3.05, 3.63) is 60.7 Å². The SMILES string of the molecule is CCN(CC)C(=S)SSC(=S)N(c1ccccc1)c1ccccc1. The Bertz CT molecular complexity index is 618. The predicted octanol–water partition coefficient (Wildman–Crippen LogP) is 6.12. The van der Waals surface area contributed by atoms with Crippen LogP contribution < -0.4 is 4.90 Å². The fourth-order valence-corrected chi connectivity index (χ4v) is 5.00. The zero-order valence-electron chi connectivity index (χ0n) is 13.7. The van der Waals surface area contributed by atoms with Crippen LogP contribution in [-0.4, -0.2) is 26.6 Å². The molecule has 0 atom stereocenters. The van der Waals surface area contributed by atoms with Crippen molar-refractivity contribution in [1.29, 1.82) is 0 Å². The number of para-hydroxylation sites is 2. The smallest absolute Gasteiger partial charge is 0.156 e. The number of nitrogens with zero attached hydrogens (tertiary/aromatic N) is 2. The molecule has 2 aromatic carbocycles. The monoisotopic (exact) mass is 392 g/mol. The molecule has 0 saturated carbocycles. The third-order valence-corrected chi connectivity index (χ3v) is 7.00. The molecule has 24 heavy (non-hydrogen) atoms. The fraction of sp³-hybridized carbons (Fsp3) is 0.222. The maximum atomic E-state index is 5.71. The highest BCUT2D eigenvalue weighted by Gasteiger charge is 2.17. The van der Waals surface area contributed by atoms with Crippen LogP contribution >= 0.6 is 46.0 Å². The molecule has 0 aliphatic rings. The Morgan fingerprint density at radius 1 is 0.750 bits per heavy atom. The normalized spacial score (nSPS) is 10.2. The first kappa shape index (κ1) is 19.2. The molecule has 0 spiro atoms. The van der Waals surface area contributed by atoms with Crippen LogP contribution in [0.4, 0.5) is 11.4 Å². The maximum Gasteiger partial charge on any atom is 0.156 e. The van der Waals surface area contributed by atoms with E-state index in [9.17, 15) is 0 Å². The summed E-state index contributed by atoms with van der Waals surface area (Å²) in [6, 6.07) is 20.3. The summed E-state index contributed by atoms with van der Waals surface area (Å²) in [4.78, 5) is 4.24. The van der Waals surface area contributed by atoms with E-state index >= 15 is 0 Å². The Morgan fingerprint density at radius 2 is 1.17 bits per heavy atom. The van der Waals surface area contributed by atoms with Gasteiger partial charge in [0, 0.05) is 24.5 Å². The van der Waals surface area contributed by atoms with Gasteiger partial charge in [-0.1, -0.05) is 60.8 Å². The van der Waals surface area contributed by atoms with E-state index in [1.807, 2.05) is 36.4 Å². The minimum Gasteiger partial charge on any atom is -0.357 e. The van der Waals surface area contributed by atoms with Gasteiger partial charge in [-0.15, -0.1) is 0 Å². The molecule has 0 bridgehead atoms. The van der Waals surface area contributed by atoms with E-state index in [0.29, 0.717) is 0 Å². The van der Waals surface area contributed by atoms with Crippen molar-refractivity contribution in [2.45, 2.75) is 13.8 Å². The molecule has 0 unspecified atom stereocenters. The maximum absolute atomic E-state index is 5.71. The molecule has 6 heteroatoms. The van der Waals surface area contributed by atoms with Crippen molar-refractivity contribution in [3.8, 4) is 0 Å². The van der Waals surface area contributed by atoms with Gasteiger partial charge in [-0.3, -0.25) is 4.90 Å². The average molecular weight is 393 g/mol. The van der Waals surface area contributed by atoms with Gasteiger partial charge in [0.15, 0.2) is 4.32 Å². The zero-order valence-corrected chi connectivity index (χ0v) is 17.0. The number of hydrogen-bond acceptors (Lipinski definition) is 4. The van der Waals surface area contributed by atoms with Crippen molar-refractivity contribution in [2.75, 3.05) is 18.0 Å². The van der Waals surface area contributed by atoms with Crippen LogP contribution in [0.25, 0.3) is 0 Å². The molecule has 0 N–H and O–H groups in total. The summed E-state index contributed by atoms with van der Waals surface area (Å²) < 4.78 is 1.64. The lowest BCUT2D eigenvalue weighted by Gasteiger charge is -2.26. The average Bonchev–Trinajstić information content (AvgIpc) is 2.63. The first-order chi connectivity index (χ1) is 11.7. The lowest BCUT2D eigenvalue weighted by atomic mass is 10.2. The molecular formula is C18H20N2S4. The van der Waals surface area contributed by atoms with Gasteiger partial charge in [-0.2, -0.15) is 0 Å². The van der Waals surface area contributed by atoms with Gasteiger partial charge in [0.1, 0.15) is 4.32 Å². The largest absolute Gasteiger partial charge is 0.357 e. The van der Waals surface area contributed by atoms with E-state index in [-0.39, 0.29) is 0 Å². The van der Waals surface area contributed by atoms with E-state index in [2.05, 4.69) is 47.9 Å². The quantitative estimate of drug-likeness (QED) is 0.454. The summed E-state index contributed by atoms with van der Waals surface area (Å²) in [6.07, 6.45) is 0. The molecule has 0 radical (unpaired) electrons. The van der Waals surface area contributed by atoms with Crippen molar-refractivity contribution in [3.63, 3.8) is 0 Å². The number of hydrogen-bond donors (Lipinski definition) is 0. The van der Waals surface area contributed by atoms with Gasteiger partial charge < -0.3 is 4.90 Å². The minimum atomic E-state index is 0.770. The molecule has 0 aliphatic carbocycles. The summed E-state index contributed by atoms with van der Waals surface area (Å²) >= 11 is 11.2. The van der Waals surface area contributed by atoms with Gasteiger partial charge in [-0.25, -0.2) is 0 Å². The summed E-state index contributed by atoms with van der Waals surface area (Å²) in [5, 5.41) is 0. The summed E-state index contributed by atoms with van der Waals surface area (Å²) in [6.45, 7) is 6.05. The standard InChI is InChI=1S/C18H20N2S4/c1-3-19(4-2)17(21)23-24-18(22)20(15-11-7-5-8-12-15)16-13-9-6-10-14-16/h5-14H,3-4H2,1-2H3. The van der Waals surface area contributed by atoms with Crippen LogP contribution in [0.2, 0.25) is 0 Å². The molecule has 0 aromatic heterocycles.